The van der Waals surface area contributed by atoms with E-state index < -0.39 is 0 Å². The first kappa shape index (κ1) is 16.6. The van der Waals surface area contributed by atoms with Gasteiger partial charge in [0.05, 0.1) is 6.54 Å². The highest BCUT2D eigenvalue weighted by Crippen LogP contribution is 2.28. The molecule has 1 aliphatic carbocycles. The van der Waals surface area contributed by atoms with Crippen molar-refractivity contribution in [2.45, 2.75) is 65.5 Å². The van der Waals surface area contributed by atoms with E-state index in [0.717, 1.165) is 50.6 Å². The van der Waals surface area contributed by atoms with Crippen LogP contribution in [-0.4, -0.2) is 60.6 Å². The fourth-order valence-electron chi connectivity index (χ4n) is 3.35. The van der Waals surface area contributed by atoms with E-state index in [4.69, 9.17) is 4.99 Å². The van der Waals surface area contributed by atoms with E-state index in [1.165, 1.54) is 25.7 Å². The van der Waals surface area contributed by atoms with Crippen molar-refractivity contribution in [3.8, 4) is 0 Å². The lowest BCUT2D eigenvalue weighted by Gasteiger charge is -2.34. The predicted molar refractivity (Wildman–Crippen MR) is 90.8 cm³/mol. The van der Waals surface area contributed by atoms with Crippen LogP contribution in [0.15, 0.2) is 4.99 Å². The summed E-state index contributed by atoms with van der Waals surface area (Å²) < 4.78 is 0. The number of aliphatic imine (C=N–C) groups is 1. The van der Waals surface area contributed by atoms with Gasteiger partial charge in [0.15, 0.2) is 5.96 Å². The molecule has 1 aliphatic heterocycles. The van der Waals surface area contributed by atoms with Gasteiger partial charge in [0.2, 0.25) is 0 Å². The normalized spacial score (nSPS) is 24.0. The zero-order valence-corrected chi connectivity index (χ0v) is 14.4. The topological polar surface area (TPSA) is 30.9 Å². The summed E-state index contributed by atoms with van der Waals surface area (Å²) >= 11 is 0. The van der Waals surface area contributed by atoms with Crippen molar-refractivity contribution in [2.24, 2.45) is 10.9 Å². The largest absolute Gasteiger partial charge is 0.357 e. The van der Waals surface area contributed by atoms with Gasteiger partial charge in [-0.1, -0.05) is 6.92 Å². The van der Waals surface area contributed by atoms with Gasteiger partial charge in [-0.2, -0.15) is 0 Å². The molecule has 0 aromatic rings. The minimum atomic E-state index is 0.644. The van der Waals surface area contributed by atoms with Crippen LogP contribution in [0.2, 0.25) is 0 Å². The standard InChI is InChI=1S/C17H34N4/c1-5-18-17(20-11-6-7-15(4)13-20)19-10-12-21(14(2)3)16-8-9-16/h14-16H,5-13H2,1-4H3,(H,18,19). The number of nitrogens with zero attached hydrogens (tertiary/aromatic N) is 3. The van der Waals surface area contributed by atoms with Gasteiger partial charge < -0.3 is 10.2 Å². The Bertz CT molecular complexity index is 334. The molecule has 0 aromatic heterocycles. The van der Waals surface area contributed by atoms with Crippen molar-refractivity contribution >= 4 is 5.96 Å². The third-order valence-corrected chi connectivity index (χ3v) is 4.59. The Kier molecular flexibility index (Phi) is 6.34. The number of hydrogen-bond donors (Lipinski definition) is 1. The number of guanidine groups is 1. The maximum Gasteiger partial charge on any atom is 0.193 e. The second-order valence-electron chi connectivity index (χ2n) is 6.99. The Hall–Kier alpha value is -0.770. The highest BCUT2D eigenvalue weighted by atomic mass is 15.3. The zero-order chi connectivity index (χ0) is 15.2. The molecule has 122 valence electrons. The quantitative estimate of drug-likeness (QED) is 0.603. The van der Waals surface area contributed by atoms with Gasteiger partial charge in [-0.3, -0.25) is 9.89 Å². The van der Waals surface area contributed by atoms with E-state index in [0.29, 0.717) is 6.04 Å². The van der Waals surface area contributed by atoms with Crippen molar-refractivity contribution < 1.29 is 0 Å². The lowest BCUT2D eigenvalue weighted by Crippen LogP contribution is -2.46. The SMILES string of the molecule is CCNC(=NCCN(C(C)C)C1CC1)N1CCCC(C)C1. The molecule has 2 fully saturated rings. The number of nitrogens with one attached hydrogen (secondary N) is 1. The summed E-state index contributed by atoms with van der Waals surface area (Å²) in [6.07, 6.45) is 5.42. The van der Waals surface area contributed by atoms with Crippen LogP contribution in [0.25, 0.3) is 0 Å². The molecule has 0 radical (unpaired) electrons. The Morgan fingerprint density at radius 1 is 1.33 bits per heavy atom. The van der Waals surface area contributed by atoms with E-state index in [1.54, 1.807) is 0 Å². The fourth-order valence-corrected chi connectivity index (χ4v) is 3.35. The highest BCUT2D eigenvalue weighted by molar-refractivity contribution is 5.80. The summed E-state index contributed by atoms with van der Waals surface area (Å²) in [6, 6.07) is 1.48. The molecule has 1 heterocycles. The zero-order valence-electron chi connectivity index (χ0n) is 14.4. The fraction of sp³-hybridized carbons (Fsp3) is 0.941. The second-order valence-corrected chi connectivity index (χ2v) is 6.99. The summed E-state index contributed by atoms with van der Waals surface area (Å²) in [6.45, 7) is 14.4. The van der Waals surface area contributed by atoms with E-state index >= 15 is 0 Å². The lowest BCUT2D eigenvalue weighted by molar-refractivity contribution is 0.217. The molecule has 2 rings (SSSR count). The predicted octanol–water partition coefficient (Wildman–Crippen LogP) is 2.56. The van der Waals surface area contributed by atoms with Crippen molar-refractivity contribution in [1.29, 1.82) is 0 Å². The third kappa shape index (κ3) is 5.17. The smallest absolute Gasteiger partial charge is 0.193 e. The van der Waals surface area contributed by atoms with Crippen molar-refractivity contribution in [1.82, 2.24) is 15.1 Å². The minimum Gasteiger partial charge on any atom is -0.357 e. The van der Waals surface area contributed by atoms with Crippen molar-refractivity contribution in [3.05, 3.63) is 0 Å². The molecule has 1 N–H and O–H groups in total. The van der Waals surface area contributed by atoms with Crippen molar-refractivity contribution in [2.75, 3.05) is 32.7 Å². The average Bonchev–Trinajstić information content (AvgIpc) is 3.26. The van der Waals surface area contributed by atoms with Gasteiger partial charge >= 0.3 is 0 Å². The van der Waals surface area contributed by atoms with E-state index in [9.17, 15) is 0 Å². The molecular formula is C17H34N4. The number of piperidine rings is 1. The molecule has 2 aliphatic rings. The van der Waals surface area contributed by atoms with Gasteiger partial charge in [0, 0.05) is 38.3 Å². The lowest BCUT2D eigenvalue weighted by atomic mass is 10.0. The molecule has 1 unspecified atom stereocenters. The molecule has 0 spiro atoms. The first-order valence-corrected chi connectivity index (χ1v) is 8.90. The van der Waals surface area contributed by atoms with E-state index in [2.05, 4.69) is 42.8 Å². The second kappa shape index (κ2) is 8.02. The Morgan fingerprint density at radius 2 is 2.10 bits per heavy atom. The summed E-state index contributed by atoms with van der Waals surface area (Å²) in [5.74, 6) is 1.92. The van der Waals surface area contributed by atoms with Crippen LogP contribution in [0.5, 0.6) is 0 Å². The maximum atomic E-state index is 4.89. The Labute approximate surface area is 131 Å². The molecule has 0 aromatic carbocycles. The highest BCUT2D eigenvalue weighted by Gasteiger charge is 2.30. The molecular weight excluding hydrogens is 260 g/mol. The van der Waals surface area contributed by atoms with Crippen LogP contribution < -0.4 is 5.32 Å². The van der Waals surface area contributed by atoms with Crippen molar-refractivity contribution in [3.63, 3.8) is 0 Å². The molecule has 0 amide bonds. The van der Waals surface area contributed by atoms with Gasteiger partial charge in [-0.15, -0.1) is 0 Å². The first-order chi connectivity index (χ1) is 10.1. The maximum absolute atomic E-state index is 4.89. The summed E-state index contributed by atoms with van der Waals surface area (Å²) in [5.41, 5.74) is 0. The number of hydrogen-bond acceptors (Lipinski definition) is 2. The van der Waals surface area contributed by atoms with Crippen LogP contribution in [0, 0.1) is 5.92 Å². The molecule has 21 heavy (non-hydrogen) atoms. The molecule has 1 atom stereocenters. The van der Waals surface area contributed by atoms with E-state index in [1.807, 2.05) is 0 Å². The number of rotatable bonds is 6. The van der Waals surface area contributed by atoms with E-state index in [-0.39, 0.29) is 0 Å². The average molecular weight is 294 g/mol. The van der Waals surface area contributed by atoms with Crippen LogP contribution >= 0.6 is 0 Å². The summed E-state index contributed by atoms with van der Waals surface area (Å²) in [5, 5.41) is 3.48. The summed E-state index contributed by atoms with van der Waals surface area (Å²) in [4.78, 5) is 9.96. The molecule has 1 saturated heterocycles. The van der Waals surface area contributed by atoms with Crippen LogP contribution in [-0.2, 0) is 0 Å². The van der Waals surface area contributed by atoms with Gasteiger partial charge in [-0.25, -0.2) is 0 Å². The van der Waals surface area contributed by atoms with Gasteiger partial charge in [0.25, 0.3) is 0 Å². The summed E-state index contributed by atoms with van der Waals surface area (Å²) in [7, 11) is 0. The van der Waals surface area contributed by atoms with Crippen LogP contribution in [0.1, 0.15) is 53.4 Å². The molecule has 4 nitrogen and oxygen atoms in total. The first-order valence-electron chi connectivity index (χ1n) is 8.90. The minimum absolute atomic E-state index is 0.644. The van der Waals surface area contributed by atoms with Crippen LogP contribution in [0.4, 0.5) is 0 Å². The molecule has 4 heteroatoms. The molecule has 0 bridgehead atoms. The monoisotopic (exact) mass is 294 g/mol. The van der Waals surface area contributed by atoms with Gasteiger partial charge in [0.1, 0.15) is 0 Å². The van der Waals surface area contributed by atoms with Gasteiger partial charge in [-0.05, 0) is 52.4 Å². The Balaban J connectivity index is 1.87. The third-order valence-electron chi connectivity index (χ3n) is 4.59. The Morgan fingerprint density at radius 3 is 2.67 bits per heavy atom. The molecule has 1 saturated carbocycles. The van der Waals surface area contributed by atoms with Crippen LogP contribution in [0.3, 0.4) is 0 Å². The number of likely N-dealkylation sites (tertiary alicyclic amines) is 1.